The van der Waals surface area contributed by atoms with E-state index < -0.39 is 11.6 Å². The molecule has 1 spiro atoms. The molecule has 0 aromatic heterocycles. The fourth-order valence-electron chi connectivity index (χ4n) is 4.38. The van der Waals surface area contributed by atoms with Crippen LogP contribution in [-0.2, 0) is 10.3 Å². The minimum absolute atomic E-state index is 0.171. The van der Waals surface area contributed by atoms with Crippen LogP contribution in [0.4, 0.5) is 0 Å². The summed E-state index contributed by atoms with van der Waals surface area (Å²) in [5, 5.41) is 9.85. The van der Waals surface area contributed by atoms with Crippen molar-refractivity contribution in [3.63, 3.8) is 0 Å². The first-order valence-corrected chi connectivity index (χ1v) is 10.5. The molecule has 3 aromatic carbocycles. The molecule has 0 saturated heterocycles. The number of rotatable bonds is 2. The predicted octanol–water partition coefficient (Wildman–Crippen LogP) is 4.38. The molecule has 0 aliphatic carbocycles. The number of nitrogens with two attached hydrogens (primary N) is 1. The molecule has 2 aliphatic rings. The number of halogens is 1. The summed E-state index contributed by atoms with van der Waals surface area (Å²) in [6.45, 7) is 0. The van der Waals surface area contributed by atoms with Gasteiger partial charge in [-0.25, -0.2) is 4.99 Å². The van der Waals surface area contributed by atoms with Crippen molar-refractivity contribution in [3.05, 3.63) is 88.4 Å². The van der Waals surface area contributed by atoms with E-state index in [9.17, 15) is 10.1 Å². The highest BCUT2D eigenvalue weighted by atomic mass is 35.5. The van der Waals surface area contributed by atoms with Gasteiger partial charge in [-0.1, -0.05) is 41.9 Å². The quantitative estimate of drug-likeness (QED) is 0.637. The lowest BCUT2D eigenvalue weighted by atomic mass is 9.79. The molecule has 0 fully saturated rings. The van der Waals surface area contributed by atoms with Gasteiger partial charge in [0.25, 0.3) is 5.91 Å². The van der Waals surface area contributed by atoms with Crippen LogP contribution >= 0.6 is 11.6 Å². The van der Waals surface area contributed by atoms with E-state index in [0.717, 1.165) is 16.7 Å². The van der Waals surface area contributed by atoms with Crippen molar-refractivity contribution in [2.45, 2.75) is 18.1 Å². The summed E-state index contributed by atoms with van der Waals surface area (Å²) in [5.41, 5.74) is 8.71. The SMILES string of the molecule is CN1C(=O)C2(CC(c3cccc(Cl)c3)Oc3ccc(-c4cccc(C#N)c4)cc32)N=C1N. The standard InChI is InChI=1S/C25H19ClN4O2/c1-30-23(31)25(29-24(30)28)13-22(18-6-3-7-19(26)11-18)32-21-9-8-17(12-20(21)25)16-5-2-4-15(10-16)14-27/h2-12,22H,13H2,1H3,(H2,28,29). The molecule has 2 N–H and O–H groups in total. The number of carbonyl (C=O) groups is 1. The van der Waals surface area contributed by atoms with Gasteiger partial charge in [-0.15, -0.1) is 0 Å². The number of carbonyl (C=O) groups excluding carboxylic acids is 1. The van der Waals surface area contributed by atoms with Crippen molar-refractivity contribution in [2.75, 3.05) is 7.05 Å². The zero-order valence-corrected chi connectivity index (χ0v) is 18.0. The predicted molar refractivity (Wildman–Crippen MR) is 122 cm³/mol. The first-order chi connectivity index (χ1) is 15.4. The average molecular weight is 443 g/mol. The normalized spacial score (nSPS) is 21.7. The number of guanidine groups is 1. The highest BCUT2D eigenvalue weighted by molar-refractivity contribution is 6.30. The maximum absolute atomic E-state index is 13.5. The van der Waals surface area contributed by atoms with Gasteiger partial charge >= 0.3 is 0 Å². The van der Waals surface area contributed by atoms with E-state index >= 15 is 0 Å². The van der Waals surface area contributed by atoms with Crippen LogP contribution in [0.5, 0.6) is 5.75 Å². The van der Waals surface area contributed by atoms with Crippen molar-refractivity contribution in [1.82, 2.24) is 4.90 Å². The van der Waals surface area contributed by atoms with Crippen molar-refractivity contribution in [3.8, 4) is 22.9 Å². The van der Waals surface area contributed by atoms with Crippen molar-refractivity contribution in [2.24, 2.45) is 10.7 Å². The van der Waals surface area contributed by atoms with Crippen LogP contribution in [0, 0.1) is 11.3 Å². The van der Waals surface area contributed by atoms with E-state index in [2.05, 4.69) is 11.1 Å². The van der Waals surface area contributed by atoms with E-state index in [1.807, 2.05) is 54.6 Å². The molecule has 2 unspecified atom stereocenters. The summed E-state index contributed by atoms with van der Waals surface area (Å²) in [6.07, 6.45) is -0.118. The molecule has 2 atom stereocenters. The Morgan fingerprint density at radius 1 is 1.16 bits per heavy atom. The van der Waals surface area contributed by atoms with Crippen molar-refractivity contribution in [1.29, 1.82) is 5.26 Å². The average Bonchev–Trinajstić information content (AvgIpc) is 3.02. The highest BCUT2D eigenvalue weighted by Crippen LogP contribution is 2.50. The van der Waals surface area contributed by atoms with Gasteiger partial charge in [-0.05, 0) is 53.1 Å². The van der Waals surface area contributed by atoms with E-state index in [4.69, 9.17) is 22.1 Å². The van der Waals surface area contributed by atoms with Gasteiger partial charge in [0.05, 0.1) is 11.6 Å². The van der Waals surface area contributed by atoms with Gasteiger partial charge in [0, 0.05) is 24.1 Å². The van der Waals surface area contributed by atoms with Crippen LogP contribution in [-0.4, -0.2) is 23.8 Å². The van der Waals surface area contributed by atoms with Gasteiger partial charge < -0.3 is 10.5 Å². The summed E-state index contributed by atoms with van der Waals surface area (Å²) < 4.78 is 6.32. The molecular weight excluding hydrogens is 424 g/mol. The second-order valence-electron chi connectivity index (χ2n) is 7.96. The first-order valence-electron chi connectivity index (χ1n) is 10.1. The Morgan fingerprint density at radius 2 is 1.94 bits per heavy atom. The summed E-state index contributed by atoms with van der Waals surface area (Å²) >= 11 is 6.20. The molecule has 2 heterocycles. The Morgan fingerprint density at radius 3 is 2.66 bits per heavy atom. The number of fused-ring (bicyclic) bond motifs is 2. The molecule has 3 aromatic rings. The summed E-state index contributed by atoms with van der Waals surface area (Å²) in [6, 6.07) is 22.6. The van der Waals surface area contributed by atoms with Crippen LogP contribution in [0.25, 0.3) is 11.1 Å². The fourth-order valence-corrected chi connectivity index (χ4v) is 4.58. The van der Waals surface area contributed by atoms with Crippen LogP contribution in [0.2, 0.25) is 5.02 Å². The number of nitriles is 1. The molecule has 0 radical (unpaired) electrons. The Labute approximate surface area is 190 Å². The van der Waals surface area contributed by atoms with E-state index in [-0.39, 0.29) is 11.9 Å². The molecule has 1 amide bonds. The fraction of sp³-hybridized carbons (Fsp3) is 0.160. The number of likely N-dealkylation sites (N-methyl/N-ethyl adjacent to an activating group) is 1. The van der Waals surface area contributed by atoms with Gasteiger partial charge in [0.15, 0.2) is 11.5 Å². The Hall–Kier alpha value is -3.82. The Balaban J connectivity index is 1.67. The van der Waals surface area contributed by atoms with Crippen molar-refractivity contribution >= 4 is 23.5 Å². The zero-order chi connectivity index (χ0) is 22.5. The van der Waals surface area contributed by atoms with Crippen LogP contribution < -0.4 is 10.5 Å². The lowest BCUT2D eigenvalue weighted by Gasteiger charge is -2.37. The molecule has 32 heavy (non-hydrogen) atoms. The number of benzene rings is 3. The molecule has 0 bridgehead atoms. The third-order valence-corrected chi connectivity index (χ3v) is 6.26. The topological polar surface area (TPSA) is 91.7 Å². The number of hydrogen-bond acceptors (Lipinski definition) is 5. The minimum atomic E-state index is -1.19. The second-order valence-corrected chi connectivity index (χ2v) is 8.40. The summed E-state index contributed by atoms with van der Waals surface area (Å²) in [7, 11) is 1.62. The van der Waals surface area contributed by atoms with Crippen LogP contribution in [0.15, 0.2) is 71.7 Å². The molecule has 7 heteroatoms. The third-order valence-electron chi connectivity index (χ3n) is 6.03. The van der Waals surface area contributed by atoms with Gasteiger partial charge in [0.2, 0.25) is 0 Å². The maximum Gasteiger partial charge on any atom is 0.261 e. The summed E-state index contributed by atoms with van der Waals surface area (Å²) in [5.74, 6) is 0.542. The third kappa shape index (κ3) is 3.10. The number of nitrogens with zero attached hydrogens (tertiary/aromatic N) is 3. The van der Waals surface area contributed by atoms with E-state index in [1.165, 1.54) is 4.90 Å². The molecule has 158 valence electrons. The smallest absolute Gasteiger partial charge is 0.261 e. The highest BCUT2D eigenvalue weighted by Gasteiger charge is 2.53. The second kappa shape index (κ2) is 7.40. The number of hydrogen-bond donors (Lipinski definition) is 1. The number of ether oxygens (including phenoxy) is 1. The summed E-state index contributed by atoms with van der Waals surface area (Å²) in [4.78, 5) is 19.5. The van der Waals surface area contributed by atoms with E-state index in [0.29, 0.717) is 28.3 Å². The monoisotopic (exact) mass is 442 g/mol. The first kappa shape index (κ1) is 20.1. The van der Waals surface area contributed by atoms with Crippen LogP contribution in [0.3, 0.4) is 0 Å². The lowest BCUT2D eigenvalue weighted by Crippen LogP contribution is -2.43. The number of aliphatic imine (C=N–C) groups is 1. The molecule has 6 nitrogen and oxygen atoms in total. The molecule has 2 aliphatic heterocycles. The number of amides is 1. The maximum atomic E-state index is 13.5. The molecular formula is C25H19ClN4O2. The van der Waals surface area contributed by atoms with Gasteiger partial charge in [-0.3, -0.25) is 9.69 Å². The van der Waals surface area contributed by atoms with Crippen molar-refractivity contribution < 1.29 is 9.53 Å². The van der Waals surface area contributed by atoms with Gasteiger partial charge in [0.1, 0.15) is 11.9 Å². The Kier molecular flexibility index (Phi) is 4.65. The lowest BCUT2D eigenvalue weighted by molar-refractivity contribution is -0.132. The molecule has 0 saturated carbocycles. The van der Waals surface area contributed by atoms with Crippen LogP contribution in [0.1, 0.15) is 29.2 Å². The molecule has 5 rings (SSSR count). The largest absolute Gasteiger partial charge is 0.485 e. The van der Waals surface area contributed by atoms with Gasteiger partial charge in [-0.2, -0.15) is 5.26 Å². The van der Waals surface area contributed by atoms with E-state index in [1.54, 1.807) is 19.2 Å². The zero-order valence-electron chi connectivity index (χ0n) is 17.2. The minimum Gasteiger partial charge on any atom is -0.485 e. The Bertz CT molecular complexity index is 1330.